The number of aryl methyl sites for hydroxylation is 1. The van der Waals surface area contributed by atoms with Crippen molar-refractivity contribution < 1.29 is 14.3 Å². The summed E-state index contributed by atoms with van der Waals surface area (Å²) in [7, 11) is 3.16. The number of benzene rings is 2. The second-order valence-electron chi connectivity index (χ2n) is 5.91. The zero-order valence-electron chi connectivity index (χ0n) is 15.5. The van der Waals surface area contributed by atoms with Crippen LogP contribution >= 0.6 is 11.3 Å². The minimum absolute atomic E-state index is 0.194. The zero-order valence-corrected chi connectivity index (χ0v) is 16.3. The molecule has 3 aromatic rings. The molecule has 0 aliphatic heterocycles. The second-order valence-corrected chi connectivity index (χ2v) is 7.03. The van der Waals surface area contributed by atoms with Gasteiger partial charge < -0.3 is 14.8 Å². The first kappa shape index (κ1) is 18.7. The molecule has 1 heterocycles. The molecule has 0 saturated heterocycles. The quantitative estimate of drug-likeness (QED) is 0.584. The third-order valence-corrected chi connectivity index (χ3v) is 5.17. The number of hydrogen-bond acceptors (Lipinski definition) is 4. The van der Waals surface area contributed by atoms with Crippen LogP contribution in [0.5, 0.6) is 11.5 Å². The van der Waals surface area contributed by atoms with Crippen LogP contribution in [0.2, 0.25) is 0 Å². The SMILES string of the molecule is COc1cc(C)c(NC(=O)/C=C/c2ccc(-c3ccccc3)s2)cc1OC. The smallest absolute Gasteiger partial charge is 0.248 e. The molecule has 4 nitrogen and oxygen atoms in total. The van der Waals surface area contributed by atoms with Crippen molar-refractivity contribution in [3.8, 4) is 21.9 Å². The normalized spacial score (nSPS) is 10.8. The van der Waals surface area contributed by atoms with Gasteiger partial charge in [0.15, 0.2) is 11.5 Å². The predicted octanol–water partition coefficient (Wildman–Crippen LogP) is 5.39. The van der Waals surface area contributed by atoms with Crippen LogP contribution in [0.15, 0.2) is 60.7 Å². The number of carbonyl (C=O) groups excluding carboxylic acids is 1. The maximum Gasteiger partial charge on any atom is 0.248 e. The molecule has 1 N–H and O–H groups in total. The van der Waals surface area contributed by atoms with E-state index >= 15 is 0 Å². The summed E-state index contributed by atoms with van der Waals surface area (Å²) >= 11 is 1.65. The van der Waals surface area contributed by atoms with Gasteiger partial charge in [0, 0.05) is 27.6 Å². The number of hydrogen-bond donors (Lipinski definition) is 1. The summed E-state index contributed by atoms with van der Waals surface area (Å²) in [5, 5.41) is 2.89. The first-order valence-corrected chi connectivity index (χ1v) is 9.29. The molecule has 138 valence electrons. The molecule has 1 aromatic heterocycles. The number of amides is 1. The van der Waals surface area contributed by atoms with Crippen molar-refractivity contribution in [3.63, 3.8) is 0 Å². The summed E-state index contributed by atoms with van der Waals surface area (Å²) in [6.45, 7) is 1.91. The van der Waals surface area contributed by atoms with Crippen molar-refractivity contribution in [2.45, 2.75) is 6.92 Å². The Balaban J connectivity index is 1.70. The van der Waals surface area contributed by atoms with Gasteiger partial charge >= 0.3 is 0 Å². The van der Waals surface area contributed by atoms with Crippen molar-refractivity contribution in [1.82, 2.24) is 0 Å². The lowest BCUT2D eigenvalue weighted by Gasteiger charge is -2.12. The first-order chi connectivity index (χ1) is 13.1. The molecule has 0 fully saturated rings. The van der Waals surface area contributed by atoms with Gasteiger partial charge in [0.2, 0.25) is 5.91 Å². The van der Waals surface area contributed by atoms with Gasteiger partial charge in [-0.1, -0.05) is 30.3 Å². The van der Waals surface area contributed by atoms with E-state index in [1.807, 2.05) is 43.3 Å². The Hall–Kier alpha value is -3.05. The predicted molar refractivity (Wildman–Crippen MR) is 112 cm³/mol. The molecule has 1 amide bonds. The fraction of sp³-hybridized carbons (Fsp3) is 0.136. The zero-order chi connectivity index (χ0) is 19.2. The molecule has 0 aliphatic rings. The minimum atomic E-state index is -0.194. The number of carbonyl (C=O) groups is 1. The highest BCUT2D eigenvalue weighted by Crippen LogP contribution is 2.33. The number of nitrogens with one attached hydrogen (secondary N) is 1. The summed E-state index contributed by atoms with van der Waals surface area (Å²) in [6, 6.07) is 17.9. The molecule has 5 heteroatoms. The molecule has 0 atom stereocenters. The summed E-state index contributed by atoms with van der Waals surface area (Å²) < 4.78 is 10.6. The molecule has 0 aliphatic carbocycles. The van der Waals surface area contributed by atoms with Crippen LogP contribution in [0.25, 0.3) is 16.5 Å². The number of anilines is 1. The van der Waals surface area contributed by atoms with Crippen molar-refractivity contribution >= 4 is 29.0 Å². The lowest BCUT2D eigenvalue weighted by atomic mass is 10.1. The van der Waals surface area contributed by atoms with Crippen LogP contribution in [0.4, 0.5) is 5.69 Å². The van der Waals surface area contributed by atoms with Crippen LogP contribution in [-0.2, 0) is 4.79 Å². The van der Waals surface area contributed by atoms with E-state index in [4.69, 9.17) is 9.47 Å². The van der Waals surface area contributed by atoms with Gasteiger partial charge in [-0.15, -0.1) is 11.3 Å². The van der Waals surface area contributed by atoms with Gasteiger partial charge in [0.25, 0.3) is 0 Å². The summed E-state index contributed by atoms with van der Waals surface area (Å²) in [6.07, 6.45) is 3.36. The van der Waals surface area contributed by atoms with E-state index in [1.54, 1.807) is 31.6 Å². The third-order valence-electron chi connectivity index (χ3n) is 4.07. The van der Waals surface area contributed by atoms with E-state index in [0.29, 0.717) is 17.2 Å². The van der Waals surface area contributed by atoms with Crippen molar-refractivity contribution in [2.24, 2.45) is 0 Å². The Labute approximate surface area is 163 Å². The average Bonchev–Trinajstić information content (AvgIpc) is 3.17. The second kappa shape index (κ2) is 8.56. The number of thiophene rings is 1. The Morgan fingerprint density at radius 3 is 2.41 bits per heavy atom. The Bertz CT molecular complexity index is 961. The average molecular weight is 379 g/mol. The van der Waals surface area contributed by atoms with Gasteiger partial charge in [-0.05, 0) is 42.3 Å². The van der Waals surface area contributed by atoms with E-state index in [1.165, 1.54) is 16.5 Å². The standard InChI is InChI=1S/C22H21NO3S/c1-15-13-19(25-2)20(26-3)14-18(15)23-22(24)12-10-17-9-11-21(27-17)16-7-5-4-6-8-16/h4-14H,1-3H3,(H,23,24)/b12-10+. The third kappa shape index (κ3) is 4.57. The summed E-state index contributed by atoms with van der Waals surface area (Å²) in [5.41, 5.74) is 2.77. The number of rotatable bonds is 6. The van der Waals surface area contributed by atoms with Crippen LogP contribution < -0.4 is 14.8 Å². The van der Waals surface area contributed by atoms with E-state index < -0.39 is 0 Å². The Morgan fingerprint density at radius 1 is 1.00 bits per heavy atom. The van der Waals surface area contributed by atoms with E-state index in [2.05, 4.69) is 23.5 Å². The lowest BCUT2D eigenvalue weighted by Crippen LogP contribution is -2.09. The van der Waals surface area contributed by atoms with Crippen LogP contribution in [-0.4, -0.2) is 20.1 Å². The van der Waals surface area contributed by atoms with Crippen LogP contribution in [0.1, 0.15) is 10.4 Å². The van der Waals surface area contributed by atoms with E-state index in [0.717, 1.165) is 10.4 Å². The molecule has 0 bridgehead atoms. The summed E-state index contributed by atoms with van der Waals surface area (Å²) in [4.78, 5) is 14.5. The Morgan fingerprint density at radius 2 is 1.70 bits per heavy atom. The van der Waals surface area contributed by atoms with Crippen LogP contribution in [0.3, 0.4) is 0 Å². The van der Waals surface area contributed by atoms with E-state index in [-0.39, 0.29) is 5.91 Å². The molecule has 2 aromatic carbocycles. The van der Waals surface area contributed by atoms with Crippen molar-refractivity contribution in [1.29, 1.82) is 0 Å². The maximum absolute atomic E-state index is 12.3. The van der Waals surface area contributed by atoms with Gasteiger partial charge in [0.1, 0.15) is 0 Å². The fourth-order valence-electron chi connectivity index (χ4n) is 2.65. The van der Waals surface area contributed by atoms with Crippen molar-refractivity contribution in [2.75, 3.05) is 19.5 Å². The molecule has 0 saturated carbocycles. The highest BCUT2D eigenvalue weighted by atomic mass is 32.1. The fourth-order valence-corrected chi connectivity index (χ4v) is 3.56. The van der Waals surface area contributed by atoms with Gasteiger partial charge in [-0.25, -0.2) is 0 Å². The van der Waals surface area contributed by atoms with Crippen molar-refractivity contribution in [3.05, 3.63) is 71.1 Å². The lowest BCUT2D eigenvalue weighted by molar-refractivity contribution is -0.111. The highest BCUT2D eigenvalue weighted by molar-refractivity contribution is 7.16. The molecule has 0 spiro atoms. The molecule has 27 heavy (non-hydrogen) atoms. The molecule has 0 unspecified atom stereocenters. The number of methoxy groups -OCH3 is 2. The topological polar surface area (TPSA) is 47.6 Å². The van der Waals surface area contributed by atoms with Gasteiger partial charge in [-0.2, -0.15) is 0 Å². The van der Waals surface area contributed by atoms with Gasteiger partial charge in [-0.3, -0.25) is 4.79 Å². The van der Waals surface area contributed by atoms with E-state index in [9.17, 15) is 4.79 Å². The minimum Gasteiger partial charge on any atom is -0.493 e. The van der Waals surface area contributed by atoms with Crippen LogP contribution in [0, 0.1) is 6.92 Å². The first-order valence-electron chi connectivity index (χ1n) is 8.47. The molecular weight excluding hydrogens is 358 g/mol. The number of ether oxygens (including phenoxy) is 2. The highest BCUT2D eigenvalue weighted by Gasteiger charge is 2.10. The van der Waals surface area contributed by atoms with Gasteiger partial charge in [0.05, 0.1) is 14.2 Å². The molecule has 3 rings (SSSR count). The monoisotopic (exact) mass is 379 g/mol. The maximum atomic E-state index is 12.3. The summed E-state index contributed by atoms with van der Waals surface area (Å²) in [5.74, 6) is 1.02. The Kier molecular flexibility index (Phi) is 5.94. The largest absolute Gasteiger partial charge is 0.493 e. The molecule has 0 radical (unpaired) electrons. The molecular formula is C22H21NO3S.